The van der Waals surface area contributed by atoms with Crippen LogP contribution in [0, 0.1) is 5.82 Å². The third-order valence-electron chi connectivity index (χ3n) is 3.24. The maximum atomic E-state index is 13.0. The van der Waals surface area contributed by atoms with Crippen molar-refractivity contribution in [2.75, 3.05) is 10.6 Å². The summed E-state index contributed by atoms with van der Waals surface area (Å²) in [5.74, 6) is -4.04. The summed E-state index contributed by atoms with van der Waals surface area (Å²) in [7, 11) is 0. The van der Waals surface area contributed by atoms with Crippen molar-refractivity contribution < 1.29 is 31.6 Å². The molecular weight excluding hydrogens is 390 g/mol. The summed E-state index contributed by atoms with van der Waals surface area (Å²) >= 11 is 1.05. The maximum Gasteiger partial charge on any atom is 0.471 e. The molecule has 6 nitrogen and oxygen atoms in total. The van der Waals surface area contributed by atoms with Gasteiger partial charge in [-0.15, -0.1) is 11.3 Å². The molecule has 2 N–H and O–H groups in total. The highest BCUT2D eigenvalue weighted by molar-refractivity contribution is 7.14. The third kappa shape index (κ3) is 4.31. The lowest BCUT2D eigenvalue weighted by Crippen LogP contribution is -2.30. The first kappa shape index (κ1) is 18.6. The van der Waals surface area contributed by atoms with Gasteiger partial charge in [0.2, 0.25) is 5.76 Å². The van der Waals surface area contributed by atoms with Crippen LogP contribution in [0.5, 0.6) is 0 Å². The molecule has 0 radical (unpaired) electrons. The molecule has 0 fully saturated rings. The van der Waals surface area contributed by atoms with Crippen molar-refractivity contribution in [3.05, 3.63) is 53.6 Å². The van der Waals surface area contributed by atoms with Crippen LogP contribution in [0.15, 0.2) is 46.4 Å². The lowest BCUT2D eigenvalue weighted by Gasteiger charge is -2.07. The zero-order chi connectivity index (χ0) is 19.6. The van der Waals surface area contributed by atoms with E-state index in [-0.39, 0.29) is 5.13 Å². The molecule has 0 saturated heterocycles. The summed E-state index contributed by atoms with van der Waals surface area (Å²) in [5.41, 5.74) is 0.662. The fraction of sp³-hybridized carbons (Fsp3) is 0.0625. The zero-order valence-electron chi connectivity index (χ0n) is 13.1. The SMILES string of the molecule is O=C(Nc1nc(-c2ccc(F)cc2)cs1)c1occc1NC(=O)C(F)(F)F. The van der Waals surface area contributed by atoms with Gasteiger partial charge in [-0.3, -0.25) is 14.9 Å². The summed E-state index contributed by atoms with van der Waals surface area (Å²) in [6.07, 6.45) is -4.14. The van der Waals surface area contributed by atoms with Crippen LogP contribution in [0.25, 0.3) is 11.3 Å². The molecular formula is C16H9F4N3O3S. The van der Waals surface area contributed by atoms with Crippen molar-refractivity contribution in [1.82, 2.24) is 4.98 Å². The first-order valence-corrected chi connectivity index (χ1v) is 8.10. The Labute approximate surface area is 152 Å². The Morgan fingerprint density at radius 3 is 2.44 bits per heavy atom. The fourth-order valence-electron chi connectivity index (χ4n) is 2.01. The van der Waals surface area contributed by atoms with Gasteiger partial charge in [0.1, 0.15) is 5.82 Å². The smallest absolute Gasteiger partial charge is 0.457 e. The van der Waals surface area contributed by atoms with E-state index in [0.29, 0.717) is 11.3 Å². The molecule has 0 aliphatic rings. The van der Waals surface area contributed by atoms with Crippen LogP contribution in [0.2, 0.25) is 0 Å². The number of carbonyl (C=O) groups excluding carboxylic acids is 2. The molecule has 0 saturated carbocycles. The van der Waals surface area contributed by atoms with Gasteiger partial charge >= 0.3 is 12.1 Å². The number of rotatable bonds is 4. The number of aromatic nitrogens is 1. The highest BCUT2D eigenvalue weighted by Crippen LogP contribution is 2.27. The van der Waals surface area contributed by atoms with E-state index in [4.69, 9.17) is 4.42 Å². The molecule has 0 spiro atoms. The van der Waals surface area contributed by atoms with Crippen molar-refractivity contribution in [1.29, 1.82) is 0 Å². The van der Waals surface area contributed by atoms with Crippen LogP contribution < -0.4 is 10.6 Å². The second kappa shape index (κ2) is 7.19. The van der Waals surface area contributed by atoms with E-state index >= 15 is 0 Å². The maximum absolute atomic E-state index is 13.0. The topological polar surface area (TPSA) is 84.2 Å². The third-order valence-corrected chi connectivity index (χ3v) is 4.00. The highest BCUT2D eigenvalue weighted by atomic mass is 32.1. The van der Waals surface area contributed by atoms with E-state index in [1.54, 1.807) is 10.7 Å². The molecule has 140 valence electrons. The molecule has 0 atom stereocenters. The minimum Gasteiger partial charge on any atom is -0.457 e. The van der Waals surface area contributed by atoms with Crippen molar-refractivity contribution in [2.24, 2.45) is 0 Å². The first-order valence-electron chi connectivity index (χ1n) is 7.22. The van der Waals surface area contributed by atoms with E-state index in [2.05, 4.69) is 10.3 Å². The number of nitrogens with zero attached hydrogens (tertiary/aromatic N) is 1. The number of nitrogens with one attached hydrogen (secondary N) is 2. The van der Waals surface area contributed by atoms with E-state index in [0.717, 1.165) is 23.7 Å². The molecule has 0 unspecified atom stereocenters. The molecule has 0 aliphatic heterocycles. The molecule has 11 heteroatoms. The Balaban J connectivity index is 1.73. The average molecular weight is 399 g/mol. The number of carbonyl (C=O) groups is 2. The van der Waals surface area contributed by atoms with E-state index < -0.39 is 35.3 Å². The molecule has 3 aromatic rings. The Morgan fingerprint density at radius 2 is 1.78 bits per heavy atom. The predicted molar refractivity (Wildman–Crippen MR) is 88.9 cm³/mol. The Bertz CT molecular complexity index is 979. The minimum atomic E-state index is -5.11. The standard InChI is InChI=1S/C16H9F4N3O3S/c17-9-3-1-8(2-4-9)11-7-27-15(22-11)23-13(24)12-10(5-6-26-12)21-14(25)16(18,19)20/h1-7H,(H,21,25)(H,22,23,24). The molecule has 2 aromatic heterocycles. The largest absolute Gasteiger partial charge is 0.471 e. The van der Waals surface area contributed by atoms with Crippen LogP contribution in [0.4, 0.5) is 28.4 Å². The average Bonchev–Trinajstić information content (AvgIpc) is 3.24. The van der Waals surface area contributed by atoms with Crippen LogP contribution in [-0.2, 0) is 4.79 Å². The summed E-state index contributed by atoms with van der Waals surface area (Å²) in [6.45, 7) is 0. The van der Waals surface area contributed by atoms with Gasteiger partial charge in [-0.25, -0.2) is 9.37 Å². The van der Waals surface area contributed by atoms with Crippen molar-refractivity contribution >= 4 is 34.0 Å². The van der Waals surface area contributed by atoms with Crippen molar-refractivity contribution in [2.45, 2.75) is 6.18 Å². The van der Waals surface area contributed by atoms with Gasteiger partial charge in [0.15, 0.2) is 5.13 Å². The number of hydrogen-bond acceptors (Lipinski definition) is 5. The van der Waals surface area contributed by atoms with Gasteiger partial charge in [0.05, 0.1) is 17.6 Å². The van der Waals surface area contributed by atoms with Crippen LogP contribution in [0.1, 0.15) is 10.6 Å². The lowest BCUT2D eigenvalue weighted by molar-refractivity contribution is -0.167. The summed E-state index contributed by atoms with van der Waals surface area (Å²) in [4.78, 5) is 27.3. The number of benzene rings is 1. The van der Waals surface area contributed by atoms with Gasteiger partial charge in [-0.05, 0) is 24.3 Å². The van der Waals surface area contributed by atoms with Crippen LogP contribution in [0.3, 0.4) is 0 Å². The Hall–Kier alpha value is -3.21. The molecule has 0 aliphatic carbocycles. The highest BCUT2D eigenvalue weighted by Gasteiger charge is 2.39. The molecule has 0 bridgehead atoms. The molecule has 1 aromatic carbocycles. The Kier molecular flexibility index (Phi) is 4.95. The summed E-state index contributed by atoms with van der Waals surface area (Å²) in [6, 6.07) is 6.54. The quantitative estimate of drug-likeness (QED) is 0.641. The van der Waals surface area contributed by atoms with E-state index in [1.165, 1.54) is 24.3 Å². The first-order chi connectivity index (χ1) is 12.7. The number of halogens is 4. The number of anilines is 2. The number of hydrogen-bond donors (Lipinski definition) is 2. The van der Waals surface area contributed by atoms with Crippen LogP contribution >= 0.6 is 11.3 Å². The van der Waals surface area contributed by atoms with Crippen molar-refractivity contribution in [3.8, 4) is 11.3 Å². The fourth-order valence-corrected chi connectivity index (χ4v) is 2.73. The second-order valence-corrected chi connectivity index (χ2v) is 5.97. The number of furan rings is 1. The van der Waals surface area contributed by atoms with Gasteiger partial charge < -0.3 is 9.73 Å². The van der Waals surface area contributed by atoms with Crippen molar-refractivity contribution in [3.63, 3.8) is 0 Å². The zero-order valence-corrected chi connectivity index (χ0v) is 14.0. The predicted octanol–water partition coefficient (Wildman–Crippen LogP) is 4.30. The molecule has 2 amide bonds. The summed E-state index contributed by atoms with van der Waals surface area (Å²) < 4.78 is 54.8. The molecule has 2 heterocycles. The van der Waals surface area contributed by atoms with Crippen LogP contribution in [-0.4, -0.2) is 23.0 Å². The molecule has 27 heavy (non-hydrogen) atoms. The number of amides is 2. The van der Waals surface area contributed by atoms with Gasteiger partial charge in [0.25, 0.3) is 5.91 Å². The Morgan fingerprint density at radius 1 is 1.07 bits per heavy atom. The number of thiazole rings is 1. The van der Waals surface area contributed by atoms with Gasteiger partial charge in [-0.1, -0.05) is 0 Å². The normalized spacial score (nSPS) is 11.3. The van der Waals surface area contributed by atoms with E-state index in [9.17, 15) is 27.2 Å². The van der Waals surface area contributed by atoms with Gasteiger partial charge in [0, 0.05) is 17.0 Å². The number of alkyl halides is 3. The lowest BCUT2D eigenvalue weighted by atomic mass is 10.2. The van der Waals surface area contributed by atoms with Gasteiger partial charge in [-0.2, -0.15) is 13.2 Å². The molecule has 3 rings (SSSR count). The summed E-state index contributed by atoms with van der Waals surface area (Å²) in [5, 5.41) is 5.68. The monoisotopic (exact) mass is 399 g/mol. The second-order valence-electron chi connectivity index (χ2n) is 5.11. The minimum absolute atomic E-state index is 0.142. The van der Waals surface area contributed by atoms with E-state index in [1.807, 2.05) is 0 Å².